The molecule has 4 aliphatic rings. The van der Waals surface area contributed by atoms with Gasteiger partial charge in [0, 0.05) is 6.54 Å². The number of likely N-dealkylation sites (tertiary alicyclic amines) is 2. The number of rotatable bonds is 0. The van der Waals surface area contributed by atoms with Crippen LogP contribution in [0.1, 0.15) is 38.5 Å². The largest absolute Gasteiger partial charge is 0.465 e. The van der Waals surface area contributed by atoms with Gasteiger partial charge in [-0.05, 0) is 72.3 Å². The number of carbonyl (C=O) groups is 2. The van der Waals surface area contributed by atoms with E-state index in [4.69, 9.17) is 9.47 Å². The second-order valence-corrected chi connectivity index (χ2v) is 7.98. The van der Waals surface area contributed by atoms with Crippen molar-refractivity contribution in [3.8, 4) is 0 Å². The van der Waals surface area contributed by atoms with Crippen molar-refractivity contribution in [2.45, 2.75) is 38.5 Å². The molecule has 0 N–H and O–H groups in total. The Morgan fingerprint density at radius 3 is 1.83 bits per heavy atom. The maximum atomic E-state index is 11.4. The van der Waals surface area contributed by atoms with E-state index in [1.54, 1.807) is 0 Å². The van der Waals surface area contributed by atoms with Crippen LogP contribution in [0.4, 0.5) is 0 Å². The predicted octanol–water partition coefficient (Wildman–Crippen LogP) is 1.29. The first-order valence-corrected chi connectivity index (χ1v) is 9.17. The molecule has 0 radical (unpaired) electrons. The number of ether oxygens (including phenoxy) is 2. The van der Waals surface area contributed by atoms with Crippen LogP contribution >= 0.6 is 0 Å². The van der Waals surface area contributed by atoms with Gasteiger partial charge < -0.3 is 19.3 Å². The quantitative estimate of drug-likeness (QED) is 0.621. The van der Waals surface area contributed by atoms with Crippen LogP contribution in [0.5, 0.6) is 0 Å². The molecule has 0 bridgehead atoms. The highest BCUT2D eigenvalue weighted by atomic mass is 16.5. The zero-order valence-corrected chi connectivity index (χ0v) is 15.0. The van der Waals surface area contributed by atoms with Crippen molar-refractivity contribution in [1.82, 2.24) is 9.80 Å². The van der Waals surface area contributed by atoms with E-state index in [-0.39, 0.29) is 22.8 Å². The molecule has 2 spiro atoms. The van der Waals surface area contributed by atoms with Crippen LogP contribution in [0, 0.1) is 10.8 Å². The summed E-state index contributed by atoms with van der Waals surface area (Å²) in [4.78, 5) is 27.4. The molecule has 4 rings (SSSR count). The fourth-order valence-corrected chi connectivity index (χ4v) is 4.42. The summed E-state index contributed by atoms with van der Waals surface area (Å²) in [6.45, 7) is 5.36. The molecular formula is C18H30N2O4. The van der Waals surface area contributed by atoms with Crippen molar-refractivity contribution in [1.29, 1.82) is 0 Å². The average molecular weight is 338 g/mol. The van der Waals surface area contributed by atoms with Gasteiger partial charge in [0.1, 0.15) is 0 Å². The standard InChI is InChI=1S/2C9H15NO2/c1-10-5-2-9(3-6-10)4-7-12-8(9)11;1-10-5-2-3-9(7-10)4-6-12-8(9)11/h2*2-7H2,1H3. The Kier molecular flexibility index (Phi) is 5.16. The second kappa shape index (κ2) is 7.00. The molecule has 4 aliphatic heterocycles. The van der Waals surface area contributed by atoms with Crippen LogP contribution in [0.2, 0.25) is 0 Å². The van der Waals surface area contributed by atoms with E-state index < -0.39 is 0 Å². The van der Waals surface area contributed by atoms with Crippen molar-refractivity contribution in [2.24, 2.45) is 10.8 Å². The lowest BCUT2D eigenvalue weighted by atomic mass is 9.77. The number of piperidine rings is 2. The van der Waals surface area contributed by atoms with E-state index in [1.165, 1.54) is 0 Å². The molecule has 0 aromatic rings. The zero-order valence-electron chi connectivity index (χ0n) is 15.0. The summed E-state index contributed by atoms with van der Waals surface area (Å²) >= 11 is 0. The van der Waals surface area contributed by atoms with E-state index >= 15 is 0 Å². The number of nitrogens with zero attached hydrogens (tertiary/aromatic N) is 2. The lowest BCUT2D eigenvalue weighted by Crippen LogP contribution is -2.43. The molecule has 136 valence electrons. The lowest BCUT2D eigenvalue weighted by molar-refractivity contribution is -0.149. The number of esters is 2. The van der Waals surface area contributed by atoms with E-state index in [9.17, 15) is 9.59 Å². The number of carbonyl (C=O) groups excluding carboxylic acids is 2. The number of hydrogen-bond acceptors (Lipinski definition) is 6. The van der Waals surface area contributed by atoms with Gasteiger partial charge in [-0.2, -0.15) is 0 Å². The van der Waals surface area contributed by atoms with Gasteiger partial charge >= 0.3 is 11.9 Å². The van der Waals surface area contributed by atoms with Gasteiger partial charge in [0.15, 0.2) is 0 Å². The van der Waals surface area contributed by atoms with Crippen LogP contribution in [0.15, 0.2) is 0 Å². The van der Waals surface area contributed by atoms with Gasteiger partial charge in [0.25, 0.3) is 0 Å². The van der Waals surface area contributed by atoms with Crippen LogP contribution in [0.3, 0.4) is 0 Å². The first kappa shape index (κ1) is 17.7. The monoisotopic (exact) mass is 338 g/mol. The van der Waals surface area contributed by atoms with E-state index in [1.807, 2.05) is 0 Å². The molecule has 4 fully saturated rings. The third-order valence-corrected chi connectivity index (χ3v) is 6.21. The molecule has 0 aromatic carbocycles. The Bertz CT molecular complexity index is 487. The van der Waals surface area contributed by atoms with Crippen molar-refractivity contribution < 1.29 is 19.1 Å². The predicted molar refractivity (Wildman–Crippen MR) is 89.5 cm³/mol. The molecule has 0 aliphatic carbocycles. The molecule has 1 atom stereocenters. The summed E-state index contributed by atoms with van der Waals surface area (Å²) in [7, 11) is 4.18. The minimum absolute atomic E-state index is 0.0362. The summed E-state index contributed by atoms with van der Waals surface area (Å²) in [6, 6.07) is 0. The first-order chi connectivity index (χ1) is 11.5. The molecule has 4 heterocycles. The Balaban J connectivity index is 0.000000141. The third-order valence-electron chi connectivity index (χ3n) is 6.21. The maximum Gasteiger partial charge on any atom is 0.313 e. The highest BCUT2D eigenvalue weighted by molar-refractivity contribution is 5.79. The van der Waals surface area contributed by atoms with E-state index in [2.05, 4.69) is 23.9 Å². The van der Waals surface area contributed by atoms with Gasteiger partial charge in [0.2, 0.25) is 0 Å². The molecule has 6 heteroatoms. The average Bonchev–Trinajstić information content (AvgIpc) is 3.08. The van der Waals surface area contributed by atoms with Gasteiger partial charge in [0.05, 0.1) is 24.0 Å². The molecule has 0 saturated carbocycles. The Morgan fingerprint density at radius 1 is 0.750 bits per heavy atom. The summed E-state index contributed by atoms with van der Waals surface area (Å²) in [5.41, 5.74) is -0.223. The van der Waals surface area contributed by atoms with Gasteiger partial charge in [-0.1, -0.05) is 0 Å². The fraction of sp³-hybridized carbons (Fsp3) is 0.889. The van der Waals surface area contributed by atoms with Gasteiger partial charge in [-0.3, -0.25) is 9.59 Å². The normalized spacial score (nSPS) is 33.2. The van der Waals surface area contributed by atoms with Crippen molar-refractivity contribution >= 4 is 11.9 Å². The summed E-state index contributed by atoms with van der Waals surface area (Å²) in [5, 5.41) is 0. The molecule has 0 amide bonds. The second-order valence-electron chi connectivity index (χ2n) is 7.98. The molecule has 0 aromatic heterocycles. The summed E-state index contributed by atoms with van der Waals surface area (Å²) < 4.78 is 10.1. The summed E-state index contributed by atoms with van der Waals surface area (Å²) in [6.07, 6.45) is 6.00. The topological polar surface area (TPSA) is 59.1 Å². The van der Waals surface area contributed by atoms with Gasteiger partial charge in [-0.25, -0.2) is 0 Å². The smallest absolute Gasteiger partial charge is 0.313 e. The van der Waals surface area contributed by atoms with Crippen LogP contribution in [-0.2, 0) is 19.1 Å². The summed E-state index contributed by atoms with van der Waals surface area (Å²) in [5.74, 6) is 0.0876. The van der Waals surface area contributed by atoms with Crippen molar-refractivity contribution in [2.75, 3.05) is 53.5 Å². The molecule has 4 saturated heterocycles. The Labute approximate surface area is 144 Å². The maximum absolute atomic E-state index is 11.4. The van der Waals surface area contributed by atoms with Crippen LogP contribution < -0.4 is 0 Å². The minimum Gasteiger partial charge on any atom is -0.465 e. The van der Waals surface area contributed by atoms with E-state index in [0.29, 0.717) is 13.2 Å². The highest BCUT2D eigenvalue weighted by Gasteiger charge is 2.46. The minimum atomic E-state index is -0.132. The van der Waals surface area contributed by atoms with E-state index in [0.717, 1.165) is 64.7 Å². The Hall–Kier alpha value is -1.14. The molecule has 1 unspecified atom stereocenters. The third kappa shape index (κ3) is 3.45. The fourth-order valence-electron chi connectivity index (χ4n) is 4.42. The van der Waals surface area contributed by atoms with Crippen LogP contribution in [-0.4, -0.2) is 75.2 Å². The number of hydrogen-bond donors (Lipinski definition) is 0. The van der Waals surface area contributed by atoms with Crippen LogP contribution in [0.25, 0.3) is 0 Å². The SMILES string of the molecule is CN1CCC2(CCOC2=O)CC1.CN1CCCC2(CCOC2=O)C1. The molecular weight excluding hydrogens is 308 g/mol. The van der Waals surface area contributed by atoms with Crippen molar-refractivity contribution in [3.05, 3.63) is 0 Å². The highest BCUT2D eigenvalue weighted by Crippen LogP contribution is 2.40. The lowest BCUT2D eigenvalue weighted by Gasteiger charge is -2.35. The van der Waals surface area contributed by atoms with Crippen molar-refractivity contribution in [3.63, 3.8) is 0 Å². The molecule has 24 heavy (non-hydrogen) atoms. The zero-order chi connectivity index (χ0) is 17.2. The molecule has 6 nitrogen and oxygen atoms in total. The Morgan fingerprint density at radius 2 is 1.33 bits per heavy atom. The van der Waals surface area contributed by atoms with Gasteiger partial charge in [-0.15, -0.1) is 0 Å². The first-order valence-electron chi connectivity index (χ1n) is 9.17. The number of cyclic esters (lactones) is 2.